The number of hydrogen-bond acceptors (Lipinski definition) is 2. The Morgan fingerprint density at radius 3 is 2.27 bits per heavy atom. The van der Waals surface area contributed by atoms with E-state index < -0.39 is 5.60 Å². The first-order valence-electron chi connectivity index (χ1n) is 6.55. The van der Waals surface area contributed by atoms with Crippen LogP contribution < -0.4 is 5.32 Å². The van der Waals surface area contributed by atoms with Crippen LogP contribution >= 0.6 is 0 Å². The standard InChI is InChI=1S/C13H29NO/c1-4-6-7-8-9-10-13(3,15)12-14-11-5-2/h14-15H,4-12H2,1-3H3. The van der Waals surface area contributed by atoms with Crippen LogP contribution in [0.15, 0.2) is 0 Å². The maximum Gasteiger partial charge on any atom is 0.0743 e. The topological polar surface area (TPSA) is 32.3 Å². The predicted octanol–water partition coefficient (Wildman–Crippen LogP) is 3.10. The number of hydrogen-bond donors (Lipinski definition) is 2. The molecule has 0 aromatic carbocycles. The van der Waals surface area contributed by atoms with Crippen LogP contribution in [-0.4, -0.2) is 23.8 Å². The minimum Gasteiger partial charge on any atom is -0.389 e. The summed E-state index contributed by atoms with van der Waals surface area (Å²) in [5, 5.41) is 13.3. The third-order valence-electron chi connectivity index (χ3n) is 2.75. The summed E-state index contributed by atoms with van der Waals surface area (Å²) >= 11 is 0. The Hall–Kier alpha value is -0.0800. The molecule has 15 heavy (non-hydrogen) atoms. The second kappa shape index (κ2) is 9.17. The van der Waals surface area contributed by atoms with Crippen molar-refractivity contribution in [3.05, 3.63) is 0 Å². The van der Waals surface area contributed by atoms with E-state index in [0.29, 0.717) is 0 Å². The largest absolute Gasteiger partial charge is 0.389 e. The highest BCUT2D eigenvalue weighted by Gasteiger charge is 2.18. The molecule has 2 nitrogen and oxygen atoms in total. The molecule has 0 aliphatic rings. The number of aliphatic hydroxyl groups is 1. The zero-order chi connectivity index (χ0) is 11.6. The van der Waals surface area contributed by atoms with Crippen LogP contribution in [0.25, 0.3) is 0 Å². The zero-order valence-corrected chi connectivity index (χ0v) is 10.8. The van der Waals surface area contributed by atoms with E-state index in [2.05, 4.69) is 19.2 Å². The number of rotatable bonds is 10. The summed E-state index contributed by atoms with van der Waals surface area (Å²) in [6.07, 6.45) is 8.40. The van der Waals surface area contributed by atoms with E-state index >= 15 is 0 Å². The summed E-state index contributed by atoms with van der Waals surface area (Å²) in [7, 11) is 0. The van der Waals surface area contributed by atoms with Gasteiger partial charge in [0.15, 0.2) is 0 Å². The average molecular weight is 215 g/mol. The summed E-state index contributed by atoms with van der Waals surface area (Å²) in [5.74, 6) is 0. The summed E-state index contributed by atoms with van der Waals surface area (Å²) in [4.78, 5) is 0. The van der Waals surface area contributed by atoms with Crippen LogP contribution in [0, 0.1) is 0 Å². The predicted molar refractivity (Wildman–Crippen MR) is 67.2 cm³/mol. The minimum atomic E-state index is -0.513. The summed E-state index contributed by atoms with van der Waals surface area (Å²) in [5.41, 5.74) is -0.513. The van der Waals surface area contributed by atoms with Crippen molar-refractivity contribution in [1.29, 1.82) is 0 Å². The Kier molecular flexibility index (Phi) is 9.12. The lowest BCUT2D eigenvalue weighted by atomic mass is 9.97. The fourth-order valence-corrected chi connectivity index (χ4v) is 1.73. The van der Waals surface area contributed by atoms with E-state index in [1.165, 1.54) is 25.7 Å². The molecule has 0 amide bonds. The van der Waals surface area contributed by atoms with Gasteiger partial charge in [0.25, 0.3) is 0 Å². The van der Waals surface area contributed by atoms with Crippen molar-refractivity contribution >= 4 is 0 Å². The third kappa shape index (κ3) is 10.2. The van der Waals surface area contributed by atoms with E-state index in [1.807, 2.05) is 6.92 Å². The van der Waals surface area contributed by atoms with E-state index in [0.717, 1.165) is 32.4 Å². The van der Waals surface area contributed by atoms with Crippen molar-refractivity contribution < 1.29 is 5.11 Å². The SMILES string of the molecule is CCCCCCCC(C)(O)CNCCC. The molecule has 0 rings (SSSR count). The van der Waals surface area contributed by atoms with Crippen molar-refractivity contribution in [2.24, 2.45) is 0 Å². The van der Waals surface area contributed by atoms with E-state index in [9.17, 15) is 5.11 Å². The van der Waals surface area contributed by atoms with Crippen LogP contribution in [0.1, 0.15) is 65.7 Å². The van der Waals surface area contributed by atoms with Crippen molar-refractivity contribution in [3.8, 4) is 0 Å². The molecule has 0 aliphatic heterocycles. The summed E-state index contributed by atoms with van der Waals surface area (Å²) in [6, 6.07) is 0. The molecule has 0 aromatic heterocycles. The third-order valence-corrected chi connectivity index (χ3v) is 2.75. The van der Waals surface area contributed by atoms with Crippen molar-refractivity contribution in [2.45, 2.75) is 71.3 Å². The van der Waals surface area contributed by atoms with Crippen LogP contribution in [0.5, 0.6) is 0 Å². The first-order valence-corrected chi connectivity index (χ1v) is 6.55. The fourth-order valence-electron chi connectivity index (χ4n) is 1.73. The maximum atomic E-state index is 10.0. The van der Waals surface area contributed by atoms with Gasteiger partial charge >= 0.3 is 0 Å². The molecule has 92 valence electrons. The fraction of sp³-hybridized carbons (Fsp3) is 1.00. The van der Waals surface area contributed by atoms with Gasteiger partial charge in [0.05, 0.1) is 5.60 Å². The van der Waals surface area contributed by atoms with Crippen LogP contribution in [0.3, 0.4) is 0 Å². The van der Waals surface area contributed by atoms with Gasteiger partial charge in [-0.1, -0.05) is 46.0 Å². The van der Waals surface area contributed by atoms with Gasteiger partial charge in [-0.25, -0.2) is 0 Å². The molecule has 0 heterocycles. The second-order valence-electron chi connectivity index (χ2n) is 4.84. The quantitative estimate of drug-likeness (QED) is 0.549. The molecule has 0 bridgehead atoms. The van der Waals surface area contributed by atoms with E-state index in [-0.39, 0.29) is 0 Å². The molecule has 2 heteroatoms. The van der Waals surface area contributed by atoms with Crippen molar-refractivity contribution in [2.75, 3.05) is 13.1 Å². The smallest absolute Gasteiger partial charge is 0.0743 e. The molecule has 1 atom stereocenters. The van der Waals surface area contributed by atoms with Gasteiger partial charge in [-0.2, -0.15) is 0 Å². The molecule has 2 N–H and O–H groups in total. The van der Waals surface area contributed by atoms with E-state index in [4.69, 9.17) is 0 Å². The Morgan fingerprint density at radius 1 is 1.00 bits per heavy atom. The molecule has 0 fully saturated rings. The molecular weight excluding hydrogens is 186 g/mol. The first-order chi connectivity index (χ1) is 7.12. The number of nitrogens with one attached hydrogen (secondary N) is 1. The van der Waals surface area contributed by atoms with Gasteiger partial charge in [0.2, 0.25) is 0 Å². The summed E-state index contributed by atoms with van der Waals surface area (Å²) in [6.45, 7) is 8.05. The van der Waals surface area contributed by atoms with Crippen LogP contribution in [-0.2, 0) is 0 Å². The van der Waals surface area contributed by atoms with Crippen molar-refractivity contribution in [3.63, 3.8) is 0 Å². The maximum absolute atomic E-state index is 10.0. The van der Waals surface area contributed by atoms with Gasteiger partial charge in [-0.15, -0.1) is 0 Å². The van der Waals surface area contributed by atoms with Gasteiger partial charge < -0.3 is 10.4 Å². The molecular formula is C13H29NO. The highest BCUT2D eigenvalue weighted by molar-refractivity contribution is 4.75. The lowest BCUT2D eigenvalue weighted by Crippen LogP contribution is -2.38. The lowest BCUT2D eigenvalue weighted by Gasteiger charge is -2.23. The van der Waals surface area contributed by atoms with Gasteiger partial charge in [0, 0.05) is 6.54 Å². The molecule has 0 spiro atoms. The molecule has 0 radical (unpaired) electrons. The Balaban J connectivity index is 3.38. The lowest BCUT2D eigenvalue weighted by molar-refractivity contribution is 0.0483. The van der Waals surface area contributed by atoms with Crippen LogP contribution in [0.4, 0.5) is 0 Å². The number of unbranched alkanes of at least 4 members (excludes halogenated alkanes) is 4. The average Bonchev–Trinajstić information content (AvgIpc) is 2.17. The van der Waals surface area contributed by atoms with Gasteiger partial charge in [-0.3, -0.25) is 0 Å². The second-order valence-corrected chi connectivity index (χ2v) is 4.84. The Bertz CT molecular complexity index is 134. The summed E-state index contributed by atoms with van der Waals surface area (Å²) < 4.78 is 0. The first kappa shape index (κ1) is 14.9. The Labute approximate surface area is 95.5 Å². The highest BCUT2D eigenvalue weighted by atomic mass is 16.3. The molecule has 0 saturated carbocycles. The normalized spacial score (nSPS) is 15.2. The van der Waals surface area contributed by atoms with Crippen molar-refractivity contribution in [1.82, 2.24) is 5.32 Å². The molecule has 0 aromatic rings. The zero-order valence-electron chi connectivity index (χ0n) is 10.8. The molecule has 0 saturated heterocycles. The van der Waals surface area contributed by atoms with Crippen LogP contribution in [0.2, 0.25) is 0 Å². The monoisotopic (exact) mass is 215 g/mol. The highest BCUT2D eigenvalue weighted by Crippen LogP contribution is 2.14. The molecule has 0 aliphatic carbocycles. The Morgan fingerprint density at radius 2 is 1.67 bits per heavy atom. The minimum absolute atomic E-state index is 0.513. The van der Waals surface area contributed by atoms with E-state index in [1.54, 1.807) is 0 Å². The molecule has 1 unspecified atom stereocenters. The van der Waals surface area contributed by atoms with Gasteiger partial charge in [-0.05, 0) is 26.3 Å². The van der Waals surface area contributed by atoms with Gasteiger partial charge in [0.1, 0.15) is 0 Å².